The monoisotopic (exact) mass is 287 g/mol. The average Bonchev–Trinajstić information content (AvgIpc) is 3.14. The summed E-state index contributed by atoms with van der Waals surface area (Å²) in [5, 5.41) is 9.59. The van der Waals surface area contributed by atoms with Crippen LogP contribution in [0.25, 0.3) is 0 Å². The first-order chi connectivity index (χ1) is 10.2. The van der Waals surface area contributed by atoms with Gasteiger partial charge in [-0.05, 0) is 19.8 Å². The topological polar surface area (TPSA) is 48.1 Å². The molecule has 1 aliphatic heterocycles. The molecule has 1 aromatic heterocycles. The Hall–Kier alpha value is -1.38. The number of aromatic nitrogens is 2. The van der Waals surface area contributed by atoms with Gasteiger partial charge < -0.3 is 4.57 Å². The molecule has 1 saturated carbocycles. The maximum Gasteiger partial charge on any atom is 0.142 e. The summed E-state index contributed by atoms with van der Waals surface area (Å²) < 4.78 is 1.99. The van der Waals surface area contributed by atoms with Crippen molar-refractivity contribution >= 4 is 0 Å². The number of aryl methyl sites for hydroxylation is 1. The highest BCUT2D eigenvalue weighted by Crippen LogP contribution is 2.27. The molecule has 1 aromatic rings. The summed E-state index contributed by atoms with van der Waals surface area (Å²) >= 11 is 0. The van der Waals surface area contributed by atoms with Gasteiger partial charge in [0.25, 0.3) is 0 Å². The number of imidazole rings is 1. The van der Waals surface area contributed by atoms with Crippen molar-refractivity contribution in [1.82, 2.24) is 19.4 Å². The van der Waals surface area contributed by atoms with Crippen molar-refractivity contribution < 1.29 is 0 Å². The Morgan fingerprint density at radius 1 is 1.24 bits per heavy atom. The average molecular weight is 287 g/mol. The second-order valence-electron chi connectivity index (χ2n) is 6.37. The zero-order valence-electron chi connectivity index (χ0n) is 13.1. The number of piperazine rings is 1. The molecule has 0 radical (unpaired) electrons. The lowest BCUT2D eigenvalue weighted by molar-refractivity contribution is 0.0829. The van der Waals surface area contributed by atoms with Crippen LogP contribution in [-0.2, 0) is 7.05 Å². The van der Waals surface area contributed by atoms with Gasteiger partial charge in [-0.15, -0.1) is 0 Å². The Kier molecular flexibility index (Phi) is 4.27. The highest BCUT2D eigenvalue weighted by atomic mass is 15.3. The fourth-order valence-electron chi connectivity index (χ4n) is 3.72. The minimum absolute atomic E-state index is 0.197. The van der Waals surface area contributed by atoms with Gasteiger partial charge in [0.05, 0.1) is 18.1 Å². The van der Waals surface area contributed by atoms with E-state index in [0.717, 1.165) is 43.6 Å². The Balaban J connectivity index is 1.64. The van der Waals surface area contributed by atoms with Crippen LogP contribution in [0.2, 0.25) is 0 Å². The van der Waals surface area contributed by atoms with E-state index in [-0.39, 0.29) is 6.04 Å². The van der Waals surface area contributed by atoms with Crippen molar-refractivity contribution in [2.75, 3.05) is 26.2 Å². The molecule has 0 aromatic carbocycles. The molecule has 0 spiro atoms. The lowest BCUT2D eigenvalue weighted by Gasteiger charge is -2.39. The smallest absolute Gasteiger partial charge is 0.142 e. The predicted octanol–water partition coefficient (Wildman–Crippen LogP) is 1.85. The van der Waals surface area contributed by atoms with Gasteiger partial charge in [0.15, 0.2) is 0 Å². The maximum absolute atomic E-state index is 9.59. The fraction of sp³-hybridized carbons (Fsp3) is 0.750. The molecular weight excluding hydrogens is 262 g/mol. The van der Waals surface area contributed by atoms with Crippen LogP contribution < -0.4 is 0 Å². The molecule has 2 heterocycles. The highest BCUT2D eigenvalue weighted by molar-refractivity contribution is 5.21. The first kappa shape index (κ1) is 14.6. The van der Waals surface area contributed by atoms with E-state index in [1.165, 1.54) is 25.7 Å². The van der Waals surface area contributed by atoms with Gasteiger partial charge >= 0.3 is 0 Å². The van der Waals surface area contributed by atoms with E-state index in [4.69, 9.17) is 0 Å². The van der Waals surface area contributed by atoms with Crippen molar-refractivity contribution in [1.29, 1.82) is 5.26 Å². The molecule has 114 valence electrons. The van der Waals surface area contributed by atoms with Gasteiger partial charge in [0.2, 0.25) is 0 Å². The summed E-state index contributed by atoms with van der Waals surface area (Å²) in [5.74, 6) is 0. The zero-order valence-corrected chi connectivity index (χ0v) is 13.1. The lowest BCUT2D eigenvalue weighted by Crippen LogP contribution is -2.50. The van der Waals surface area contributed by atoms with Crippen LogP contribution in [0.15, 0.2) is 6.33 Å². The molecule has 5 nitrogen and oxygen atoms in total. The molecule has 5 heteroatoms. The minimum atomic E-state index is -0.197. The van der Waals surface area contributed by atoms with Crippen LogP contribution in [-0.4, -0.2) is 51.6 Å². The lowest BCUT2D eigenvalue weighted by atomic mass is 10.1. The molecule has 1 atom stereocenters. The standard InChI is InChI=1S/C16H25N5/c1-13-16(18-12-19(13)2)15(11-17)21-9-7-20(8-10-21)14-5-3-4-6-14/h12,14-15H,3-10H2,1-2H3. The quantitative estimate of drug-likeness (QED) is 0.851. The number of rotatable bonds is 3. The van der Waals surface area contributed by atoms with Crippen LogP contribution in [0.5, 0.6) is 0 Å². The summed E-state index contributed by atoms with van der Waals surface area (Å²) in [5.41, 5.74) is 2.02. The molecule has 0 amide bonds. The van der Waals surface area contributed by atoms with E-state index in [0.29, 0.717) is 0 Å². The van der Waals surface area contributed by atoms with Crippen molar-refractivity contribution in [2.24, 2.45) is 7.05 Å². The summed E-state index contributed by atoms with van der Waals surface area (Å²) in [7, 11) is 1.98. The molecule has 1 saturated heterocycles. The molecule has 1 unspecified atom stereocenters. The molecule has 1 aliphatic carbocycles. The van der Waals surface area contributed by atoms with Crippen LogP contribution in [0, 0.1) is 18.3 Å². The van der Waals surface area contributed by atoms with Crippen molar-refractivity contribution in [3.05, 3.63) is 17.7 Å². The molecule has 2 fully saturated rings. The van der Waals surface area contributed by atoms with E-state index < -0.39 is 0 Å². The predicted molar refractivity (Wildman–Crippen MR) is 81.7 cm³/mol. The van der Waals surface area contributed by atoms with Gasteiger partial charge in [0, 0.05) is 45.0 Å². The van der Waals surface area contributed by atoms with Crippen LogP contribution in [0.3, 0.4) is 0 Å². The van der Waals surface area contributed by atoms with Gasteiger partial charge in [-0.2, -0.15) is 5.26 Å². The number of nitrogens with zero attached hydrogens (tertiary/aromatic N) is 5. The van der Waals surface area contributed by atoms with Crippen LogP contribution in [0.4, 0.5) is 0 Å². The van der Waals surface area contributed by atoms with Crippen LogP contribution >= 0.6 is 0 Å². The van der Waals surface area contributed by atoms with Crippen molar-refractivity contribution in [3.63, 3.8) is 0 Å². The van der Waals surface area contributed by atoms with Crippen molar-refractivity contribution in [3.8, 4) is 6.07 Å². The Morgan fingerprint density at radius 2 is 1.90 bits per heavy atom. The summed E-state index contributed by atoms with van der Waals surface area (Å²) in [6.07, 6.45) is 7.31. The van der Waals surface area contributed by atoms with Gasteiger partial charge in [-0.1, -0.05) is 12.8 Å². The maximum atomic E-state index is 9.59. The second-order valence-corrected chi connectivity index (χ2v) is 6.37. The number of nitriles is 1. The third-order valence-electron chi connectivity index (χ3n) is 5.21. The molecular formula is C16H25N5. The molecule has 3 rings (SSSR count). The minimum Gasteiger partial charge on any atom is -0.338 e. The number of hydrogen-bond donors (Lipinski definition) is 0. The third-order valence-corrected chi connectivity index (χ3v) is 5.21. The van der Waals surface area contributed by atoms with Gasteiger partial charge in [-0.25, -0.2) is 4.98 Å². The third kappa shape index (κ3) is 2.83. The van der Waals surface area contributed by atoms with Crippen LogP contribution in [0.1, 0.15) is 43.1 Å². The van der Waals surface area contributed by atoms with E-state index in [9.17, 15) is 5.26 Å². The Morgan fingerprint density at radius 3 is 2.43 bits per heavy atom. The first-order valence-electron chi connectivity index (χ1n) is 8.06. The summed E-state index contributed by atoms with van der Waals surface area (Å²) in [6.45, 7) is 6.18. The van der Waals surface area contributed by atoms with Gasteiger partial charge in [-0.3, -0.25) is 9.80 Å². The zero-order chi connectivity index (χ0) is 14.8. The fourth-order valence-corrected chi connectivity index (χ4v) is 3.72. The largest absolute Gasteiger partial charge is 0.338 e. The summed E-state index contributed by atoms with van der Waals surface area (Å²) in [6, 6.07) is 3.06. The van der Waals surface area contributed by atoms with E-state index >= 15 is 0 Å². The molecule has 0 N–H and O–H groups in total. The summed E-state index contributed by atoms with van der Waals surface area (Å²) in [4.78, 5) is 9.36. The van der Waals surface area contributed by atoms with Crippen molar-refractivity contribution in [2.45, 2.75) is 44.7 Å². The molecule has 0 bridgehead atoms. The van der Waals surface area contributed by atoms with E-state index in [2.05, 4.69) is 20.9 Å². The molecule has 2 aliphatic rings. The first-order valence-corrected chi connectivity index (χ1v) is 8.06. The van der Waals surface area contributed by atoms with E-state index in [1.807, 2.05) is 24.9 Å². The van der Waals surface area contributed by atoms with Gasteiger partial charge in [0.1, 0.15) is 6.04 Å². The second kappa shape index (κ2) is 6.17. The Labute approximate surface area is 127 Å². The Bertz CT molecular complexity index is 515. The normalized spacial score (nSPS) is 23.3. The van der Waals surface area contributed by atoms with E-state index in [1.54, 1.807) is 0 Å². The molecule has 21 heavy (non-hydrogen) atoms. The SMILES string of the molecule is Cc1c(C(C#N)N2CCN(C3CCCC3)CC2)ncn1C. The number of hydrogen-bond acceptors (Lipinski definition) is 4. The highest BCUT2D eigenvalue weighted by Gasteiger charge is 2.31.